The highest BCUT2D eigenvalue weighted by atomic mass is 32.2. The molecule has 0 bridgehead atoms. The first-order valence-electron chi connectivity index (χ1n) is 10.6. The molecule has 2 amide bonds. The molecular formula is C23H30N2O3S. The zero-order valence-corrected chi connectivity index (χ0v) is 17.8. The second-order valence-electron chi connectivity index (χ2n) is 8.35. The summed E-state index contributed by atoms with van der Waals surface area (Å²) in [6.45, 7) is 7.98. The second-order valence-corrected chi connectivity index (χ2v) is 9.91. The summed E-state index contributed by atoms with van der Waals surface area (Å²) in [5, 5.41) is 0. The van der Waals surface area contributed by atoms with Crippen LogP contribution in [0.25, 0.3) is 0 Å². The van der Waals surface area contributed by atoms with Crippen molar-refractivity contribution >= 4 is 23.6 Å². The number of hydrogen-bond donors (Lipinski definition) is 0. The minimum atomic E-state index is -0.548. The Hall–Kier alpha value is -1.79. The quantitative estimate of drug-likeness (QED) is 0.714. The molecule has 3 heterocycles. The smallest absolute Gasteiger partial charge is 0.245 e. The minimum Gasteiger partial charge on any atom is -0.381 e. The summed E-state index contributed by atoms with van der Waals surface area (Å²) in [5.74, 6) is 1.17. The van der Waals surface area contributed by atoms with Gasteiger partial charge in [0.2, 0.25) is 11.8 Å². The van der Waals surface area contributed by atoms with Crippen molar-refractivity contribution in [3.63, 3.8) is 0 Å². The van der Waals surface area contributed by atoms with E-state index in [1.807, 2.05) is 34.9 Å². The molecule has 0 atom stereocenters. The molecular weight excluding hydrogens is 384 g/mol. The zero-order chi connectivity index (χ0) is 20.3. The molecule has 4 rings (SSSR count). The van der Waals surface area contributed by atoms with Crippen LogP contribution in [0.1, 0.15) is 31.2 Å². The lowest BCUT2D eigenvalue weighted by Crippen LogP contribution is -2.58. The van der Waals surface area contributed by atoms with Crippen molar-refractivity contribution in [3.05, 3.63) is 48.6 Å². The van der Waals surface area contributed by atoms with E-state index in [-0.39, 0.29) is 16.6 Å². The van der Waals surface area contributed by atoms with E-state index in [4.69, 9.17) is 4.74 Å². The van der Waals surface area contributed by atoms with Crippen LogP contribution in [0.15, 0.2) is 43.0 Å². The van der Waals surface area contributed by atoms with Crippen LogP contribution in [0.4, 0.5) is 0 Å². The first kappa shape index (κ1) is 20.5. The van der Waals surface area contributed by atoms with Crippen molar-refractivity contribution in [2.24, 2.45) is 0 Å². The highest BCUT2D eigenvalue weighted by molar-refractivity contribution is 8.00. The summed E-state index contributed by atoms with van der Waals surface area (Å²) < 4.78 is 5.72. The fourth-order valence-corrected chi connectivity index (χ4v) is 6.44. The Kier molecular flexibility index (Phi) is 6.02. The van der Waals surface area contributed by atoms with Gasteiger partial charge in [-0.25, -0.2) is 0 Å². The lowest BCUT2D eigenvalue weighted by atomic mass is 9.71. The van der Waals surface area contributed by atoms with Crippen molar-refractivity contribution in [3.8, 4) is 0 Å². The number of likely N-dealkylation sites (tertiary alicyclic amines) is 1. The van der Waals surface area contributed by atoms with E-state index in [1.54, 1.807) is 0 Å². The topological polar surface area (TPSA) is 49.9 Å². The Bertz CT molecular complexity index is 747. The first-order chi connectivity index (χ1) is 14.1. The maximum Gasteiger partial charge on any atom is 0.245 e. The van der Waals surface area contributed by atoms with Gasteiger partial charge in [0.05, 0.1) is 5.41 Å². The maximum atomic E-state index is 14.0. The normalized spacial score (nSPS) is 23.6. The van der Waals surface area contributed by atoms with Crippen LogP contribution in [0.5, 0.6) is 0 Å². The molecule has 1 aromatic carbocycles. The molecule has 0 unspecified atom stereocenters. The van der Waals surface area contributed by atoms with Gasteiger partial charge in [-0.3, -0.25) is 9.59 Å². The fraction of sp³-hybridized carbons (Fsp3) is 0.565. The Morgan fingerprint density at radius 1 is 1.00 bits per heavy atom. The van der Waals surface area contributed by atoms with Gasteiger partial charge in [0.1, 0.15) is 0 Å². The molecule has 3 fully saturated rings. The van der Waals surface area contributed by atoms with E-state index in [9.17, 15) is 9.59 Å². The number of piperidine rings is 1. The van der Waals surface area contributed by atoms with Crippen LogP contribution in [-0.2, 0) is 19.7 Å². The predicted octanol–water partition coefficient (Wildman–Crippen LogP) is 2.86. The van der Waals surface area contributed by atoms with Crippen LogP contribution in [-0.4, -0.2) is 71.5 Å². The molecule has 29 heavy (non-hydrogen) atoms. The van der Waals surface area contributed by atoms with E-state index in [0.29, 0.717) is 25.9 Å². The number of ether oxygens (including phenoxy) is 1. The van der Waals surface area contributed by atoms with Gasteiger partial charge in [-0.15, -0.1) is 0 Å². The molecule has 0 radical (unpaired) electrons. The van der Waals surface area contributed by atoms with Crippen LogP contribution in [0.3, 0.4) is 0 Å². The summed E-state index contributed by atoms with van der Waals surface area (Å²) in [5.41, 5.74) is 0.531. The van der Waals surface area contributed by atoms with Crippen LogP contribution in [0.2, 0.25) is 0 Å². The number of nitrogens with zero attached hydrogens (tertiary/aromatic N) is 2. The Morgan fingerprint density at radius 3 is 2.34 bits per heavy atom. The second kappa shape index (κ2) is 8.52. The molecule has 3 aliphatic rings. The number of amides is 2. The standard InChI is InChI=1S/C23H30N2O3S/c1-2-20(26)24-12-8-23(9-13-24,19-6-4-3-5-7-19)21(27)25-14-17-29-22(18-25)10-15-28-16-11-22/h2-7H,1,8-18H2. The summed E-state index contributed by atoms with van der Waals surface area (Å²) in [4.78, 5) is 30.0. The van der Waals surface area contributed by atoms with Gasteiger partial charge >= 0.3 is 0 Å². The number of thioether (sulfide) groups is 1. The molecule has 1 aromatic rings. The van der Waals surface area contributed by atoms with Crippen molar-refractivity contribution in [1.29, 1.82) is 0 Å². The highest BCUT2D eigenvalue weighted by Crippen LogP contribution is 2.43. The third-order valence-corrected chi connectivity index (χ3v) is 8.32. The van der Waals surface area contributed by atoms with Gasteiger partial charge in [0.15, 0.2) is 0 Å². The largest absolute Gasteiger partial charge is 0.381 e. The van der Waals surface area contributed by atoms with Crippen LogP contribution >= 0.6 is 11.8 Å². The lowest BCUT2D eigenvalue weighted by Gasteiger charge is -2.49. The van der Waals surface area contributed by atoms with Gasteiger partial charge in [-0.05, 0) is 37.3 Å². The van der Waals surface area contributed by atoms with E-state index >= 15 is 0 Å². The number of carbonyl (C=O) groups is 2. The molecule has 5 nitrogen and oxygen atoms in total. The van der Waals surface area contributed by atoms with Gasteiger partial charge in [-0.1, -0.05) is 36.9 Å². The van der Waals surface area contributed by atoms with Crippen LogP contribution < -0.4 is 0 Å². The molecule has 3 saturated heterocycles. The molecule has 0 N–H and O–H groups in total. The summed E-state index contributed by atoms with van der Waals surface area (Å²) in [7, 11) is 0. The van der Waals surface area contributed by atoms with Crippen molar-refractivity contribution in [2.45, 2.75) is 35.8 Å². The third kappa shape index (κ3) is 3.97. The zero-order valence-electron chi connectivity index (χ0n) is 17.0. The maximum absolute atomic E-state index is 14.0. The molecule has 0 aromatic heterocycles. The van der Waals surface area contributed by atoms with Gasteiger partial charge in [0.25, 0.3) is 0 Å². The third-order valence-electron chi connectivity index (χ3n) is 6.78. The lowest BCUT2D eigenvalue weighted by molar-refractivity contribution is -0.142. The SMILES string of the molecule is C=CC(=O)N1CCC(C(=O)N2CCSC3(CCOCC3)C2)(c2ccccc2)CC1. The van der Waals surface area contributed by atoms with Crippen molar-refractivity contribution in [2.75, 3.05) is 45.1 Å². The monoisotopic (exact) mass is 414 g/mol. The molecule has 3 aliphatic heterocycles. The van der Waals surface area contributed by atoms with Crippen molar-refractivity contribution in [1.82, 2.24) is 9.80 Å². The highest BCUT2D eigenvalue weighted by Gasteiger charge is 2.48. The molecule has 6 heteroatoms. The van der Waals surface area contributed by atoms with E-state index in [1.165, 1.54) is 6.08 Å². The number of benzene rings is 1. The minimum absolute atomic E-state index is 0.0466. The van der Waals surface area contributed by atoms with E-state index in [0.717, 1.165) is 50.5 Å². The Labute approximate surface area is 177 Å². The van der Waals surface area contributed by atoms with Gasteiger partial charge in [-0.2, -0.15) is 11.8 Å². The number of carbonyl (C=O) groups excluding carboxylic acids is 2. The summed E-state index contributed by atoms with van der Waals surface area (Å²) >= 11 is 2.02. The summed E-state index contributed by atoms with van der Waals surface area (Å²) in [6, 6.07) is 10.2. The van der Waals surface area contributed by atoms with Gasteiger partial charge < -0.3 is 14.5 Å². The van der Waals surface area contributed by atoms with Crippen molar-refractivity contribution < 1.29 is 14.3 Å². The molecule has 0 aliphatic carbocycles. The molecule has 1 spiro atoms. The average Bonchev–Trinajstić information content (AvgIpc) is 2.79. The number of rotatable bonds is 3. The average molecular weight is 415 g/mol. The Morgan fingerprint density at radius 2 is 1.69 bits per heavy atom. The molecule has 0 saturated carbocycles. The van der Waals surface area contributed by atoms with Crippen LogP contribution in [0, 0.1) is 0 Å². The first-order valence-corrected chi connectivity index (χ1v) is 11.6. The predicted molar refractivity (Wildman–Crippen MR) is 116 cm³/mol. The van der Waals surface area contributed by atoms with Gasteiger partial charge in [0, 0.05) is 49.9 Å². The number of hydrogen-bond acceptors (Lipinski definition) is 4. The van der Waals surface area contributed by atoms with E-state index in [2.05, 4.69) is 23.6 Å². The summed E-state index contributed by atoms with van der Waals surface area (Å²) in [6.07, 6.45) is 4.72. The van der Waals surface area contributed by atoms with E-state index < -0.39 is 5.41 Å². The fourth-order valence-electron chi connectivity index (χ4n) is 4.99. The molecule has 156 valence electrons. The Balaban J connectivity index is 1.59.